The van der Waals surface area contributed by atoms with Crippen LogP contribution in [-0.4, -0.2) is 27.5 Å². The second kappa shape index (κ2) is 6.86. The molecule has 0 aliphatic heterocycles. The first-order chi connectivity index (χ1) is 9.15. The molecule has 108 valence electrons. The van der Waals surface area contributed by atoms with Crippen LogP contribution in [0, 0.1) is 5.92 Å². The van der Waals surface area contributed by atoms with E-state index in [0.717, 1.165) is 55.5 Å². The second-order valence-corrected chi connectivity index (χ2v) is 6.13. The average Bonchev–Trinajstić information content (AvgIpc) is 2.94. The summed E-state index contributed by atoms with van der Waals surface area (Å²) in [5, 5.41) is 17.6. The number of aliphatic hydroxyl groups is 1. The molecule has 0 bridgehead atoms. The topological polar surface area (TPSA) is 50.1 Å². The first kappa shape index (κ1) is 15.0. The molecule has 19 heavy (non-hydrogen) atoms. The predicted molar refractivity (Wildman–Crippen MR) is 80.0 cm³/mol. The molecule has 0 saturated heterocycles. The van der Waals surface area contributed by atoms with E-state index in [0.29, 0.717) is 5.92 Å². The zero-order valence-electron chi connectivity index (χ0n) is 11.8. The van der Waals surface area contributed by atoms with Crippen LogP contribution in [0.4, 0.5) is 0 Å². The standard InChI is InChI=1S/C14H24BrN3O/c1-3-12-14(15)13(18(4-2)17-12)9-16-8-10-5-6-11(19)7-10/h10-11,16,19H,3-9H2,1-2H3. The van der Waals surface area contributed by atoms with E-state index in [1.807, 2.05) is 0 Å². The Hall–Kier alpha value is -0.390. The Bertz CT molecular complexity index is 419. The molecule has 2 unspecified atom stereocenters. The van der Waals surface area contributed by atoms with Crippen LogP contribution < -0.4 is 5.32 Å². The summed E-state index contributed by atoms with van der Waals surface area (Å²) in [4.78, 5) is 0. The summed E-state index contributed by atoms with van der Waals surface area (Å²) in [5.74, 6) is 0.623. The normalized spacial score (nSPS) is 23.2. The predicted octanol–water partition coefficient (Wildman–Crippen LogP) is 2.48. The number of rotatable bonds is 6. The molecule has 1 aliphatic rings. The highest BCUT2D eigenvalue weighted by atomic mass is 79.9. The van der Waals surface area contributed by atoms with Crippen molar-refractivity contribution < 1.29 is 5.11 Å². The van der Waals surface area contributed by atoms with Crippen molar-refractivity contribution in [3.05, 3.63) is 15.9 Å². The lowest BCUT2D eigenvalue weighted by Crippen LogP contribution is -2.23. The van der Waals surface area contributed by atoms with Crippen molar-refractivity contribution in [2.45, 2.75) is 58.7 Å². The molecule has 1 aromatic rings. The minimum atomic E-state index is -0.0774. The quantitative estimate of drug-likeness (QED) is 0.842. The summed E-state index contributed by atoms with van der Waals surface area (Å²) >= 11 is 3.66. The third kappa shape index (κ3) is 3.58. The zero-order chi connectivity index (χ0) is 13.8. The maximum Gasteiger partial charge on any atom is 0.0767 e. The van der Waals surface area contributed by atoms with Crippen molar-refractivity contribution in [3.63, 3.8) is 0 Å². The number of aliphatic hydroxyl groups excluding tert-OH is 1. The van der Waals surface area contributed by atoms with E-state index in [9.17, 15) is 5.11 Å². The molecule has 1 aliphatic carbocycles. The van der Waals surface area contributed by atoms with Gasteiger partial charge < -0.3 is 10.4 Å². The van der Waals surface area contributed by atoms with Gasteiger partial charge in [0.05, 0.1) is 22.0 Å². The lowest BCUT2D eigenvalue weighted by atomic mass is 10.1. The van der Waals surface area contributed by atoms with Gasteiger partial charge in [0.25, 0.3) is 0 Å². The van der Waals surface area contributed by atoms with Crippen LogP contribution in [0.25, 0.3) is 0 Å². The van der Waals surface area contributed by atoms with Crippen LogP contribution >= 0.6 is 15.9 Å². The van der Waals surface area contributed by atoms with Crippen LogP contribution in [0.15, 0.2) is 4.47 Å². The van der Waals surface area contributed by atoms with Gasteiger partial charge in [-0.3, -0.25) is 4.68 Å². The summed E-state index contributed by atoms with van der Waals surface area (Å²) < 4.78 is 3.22. The van der Waals surface area contributed by atoms with E-state index in [4.69, 9.17) is 0 Å². The van der Waals surface area contributed by atoms with E-state index in [2.05, 4.69) is 44.9 Å². The summed E-state index contributed by atoms with van der Waals surface area (Å²) in [5.41, 5.74) is 2.37. The Balaban J connectivity index is 1.90. The number of halogens is 1. The maximum atomic E-state index is 9.53. The Kier molecular flexibility index (Phi) is 5.42. The van der Waals surface area contributed by atoms with Crippen LogP contribution in [-0.2, 0) is 19.5 Å². The van der Waals surface area contributed by atoms with Gasteiger partial charge in [0.1, 0.15) is 0 Å². The fourth-order valence-electron chi connectivity index (χ4n) is 2.81. The Morgan fingerprint density at radius 3 is 2.79 bits per heavy atom. The first-order valence-corrected chi connectivity index (χ1v) is 8.07. The van der Waals surface area contributed by atoms with Gasteiger partial charge in [0, 0.05) is 13.1 Å². The number of nitrogens with one attached hydrogen (secondary N) is 1. The monoisotopic (exact) mass is 329 g/mol. The molecule has 2 N–H and O–H groups in total. The molecular formula is C14H24BrN3O. The third-order valence-corrected chi connectivity index (χ3v) is 4.85. The molecule has 0 spiro atoms. The largest absolute Gasteiger partial charge is 0.393 e. The van der Waals surface area contributed by atoms with E-state index < -0.39 is 0 Å². The second-order valence-electron chi connectivity index (χ2n) is 5.34. The van der Waals surface area contributed by atoms with Crippen LogP contribution in [0.5, 0.6) is 0 Å². The first-order valence-electron chi connectivity index (χ1n) is 7.28. The Morgan fingerprint density at radius 2 is 2.21 bits per heavy atom. The van der Waals surface area contributed by atoms with Crippen molar-refractivity contribution >= 4 is 15.9 Å². The molecule has 1 heterocycles. The zero-order valence-corrected chi connectivity index (χ0v) is 13.4. The lowest BCUT2D eigenvalue weighted by molar-refractivity contribution is 0.177. The molecule has 1 fully saturated rings. The summed E-state index contributed by atoms with van der Waals surface area (Å²) in [7, 11) is 0. The molecule has 0 radical (unpaired) electrons. The lowest BCUT2D eigenvalue weighted by Gasteiger charge is -2.12. The molecule has 2 rings (SSSR count). The van der Waals surface area contributed by atoms with Crippen LogP contribution in [0.1, 0.15) is 44.5 Å². The summed E-state index contributed by atoms with van der Waals surface area (Å²) in [6, 6.07) is 0. The van der Waals surface area contributed by atoms with Gasteiger partial charge in [0.15, 0.2) is 0 Å². The SMILES string of the molecule is CCc1nn(CC)c(CNCC2CCC(O)C2)c1Br. The Morgan fingerprint density at radius 1 is 1.42 bits per heavy atom. The number of nitrogens with zero attached hydrogens (tertiary/aromatic N) is 2. The molecular weight excluding hydrogens is 306 g/mol. The highest BCUT2D eigenvalue weighted by Gasteiger charge is 2.22. The summed E-state index contributed by atoms with van der Waals surface area (Å²) in [6.07, 6.45) is 3.92. The highest BCUT2D eigenvalue weighted by molar-refractivity contribution is 9.10. The van der Waals surface area contributed by atoms with Crippen molar-refractivity contribution in [2.24, 2.45) is 5.92 Å². The van der Waals surface area contributed by atoms with Crippen LogP contribution in [0.3, 0.4) is 0 Å². The van der Waals surface area contributed by atoms with Gasteiger partial charge in [-0.05, 0) is 61.0 Å². The molecule has 4 nitrogen and oxygen atoms in total. The molecule has 1 aromatic heterocycles. The molecule has 5 heteroatoms. The van der Waals surface area contributed by atoms with E-state index in [1.54, 1.807) is 0 Å². The van der Waals surface area contributed by atoms with Gasteiger partial charge in [-0.25, -0.2) is 0 Å². The van der Waals surface area contributed by atoms with Gasteiger partial charge >= 0.3 is 0 Å². The van der Waals surface area contributed by atoms with Crippen LogP contribution in [0.2, 0.25) is 0 Å². The minimum absolute atomic E-state index is 0.0774. The maximum absolute atomic E-state index is 9.53. The van der Waals surface area contributed by atoms with Gasteiger partial charge in [-0.15, -0.1) is 0 Å². The minimum Gasteiger partial charge on any atom is -0.393 e. The van der Waals surface area contributed by atoms with Crippen molar-refractivity contribution in [3.8, 4) is 0 Å². The van der Waals surface area contributed by atoms with E-state index in [1.165, 1.54) is 5.69 Å². The number of aromatic nitrogens is 2. The number of hydrogen-bond donors (Lipinski definition) is 2. The van der Waals surface area contributed by atoms with Crippen molar-refractivity contribution in [1.82, 2.24) is 15.1 Å². The average molecular weight is 330 g/mol. The fraction of sp³-hybridized carbons (Fsp3) is 0.786. The number of aryl methyl sites for hydroxylation is 2. The van der Waals surface area contributed by atoms with Gasteiger partial charge in [-0.2, -0.15) is 5.10 Å². The van der Waals surface area contributed by atoms with Gasteiger partial charge in [-0.1, -0.05) is 6.92 Å². The molecule has 0 aromatic carbocycles. The third-order valence-electron chi connectivity index (χ3n) is 3.93. The van der Waals surface area contributed by atoms with E-state index in [-0.39, 0.29) is 6.10 Å². The molecule has 2 atom stereocenters. The number of hydrogen-bond acceptors (Lipinski definition) is 3. The smallest absolute Gasteiger partial charge is 0.0767 e. The van der Waals surface area contributed by atoms with Crippen molar-refractivity contribution in [1.29, 1.82) is 0 Å². The Labute approximate surface area is 123 Å². The highest BCUT2D eigenvalue weighted by Crippen LogP contribution is 2.25. The van der Waals surface area contributed by atoms with E-state index >= 15 is 0 Å². The summed E-state index contributed by atoms with van der Waals surface area (Å²) in [6.45, 7) is 6.98. The molecule has 0 amide bonds. The molecule has 1 saturated carbocycles. The van der Waals surface area contributed by atoms with Crippen molar-refractivity contribution in [2.75, 3.05) is 6.54 Å². The fourth-order valence-corrected chi connectivity index (χ4v) is 3.52. The van der Waals surface area contributed by atoms with Gasteiger partial charge in [0.2, 0.25) is 0 Å².